The van der Waals surface area contributed by atoms with Crippen LogP contribution in [-0.4, -0.2) is 23.6 Å². The van der Waals surface area contributed by atoms with Gasteiger partial charge in [0.1, 0.15) is 0 Å². The van der Waals surface area contributed by atoms with E-state index in [9.17, 15) is 0 Å². The number of rotatable bonds is 4. The van der Waals surface area contributed by atoms with E-state index < -0.39 is 0 Å². The van der Waals surface area contributed by atoms with E-state index in [0.29, 0.717) is 11.4 Å². The van der Waals surface area contributed by atoms with Crippen molar-refractivity contribution in [3.8, 4) is 0 Å². The summed E-state index contributed by atoms with van der Waals surface area (Å²) < 4.78 is 5.45. The molecule has 0 aliphatic heterocycles. The van der Waals surface area contributed by atoms with Crippen molar-refractivity contribution in [1.82, 2.24) is 0 Å². The molecule has 0 spiro atoms. The maximum Gasteiger partial charge on any atom is 0.0681 e. The number of hydrogen-bond donors (Lipinski definition) is 1. The molecule has 0 heterocycles. The molecule has 2 unspecified atom stereocenters. The van der Waals surface area contributed by atoms with Gasteiger partial charge in [0.25, 0.3) is 0 Å². The molecule has 1 aromatic rings. The molecule has 1 aliphatic carbocycles. The summed E-state index contributed by atoms with van der Waals surface area (Å²) in [7, 11) is 1.81. The van der Waals surface area contributed by atoms with Crippen LogP contribution in [0.15, 0.2) is 29.2 Å². The van der Waals surface area contributed by atoms with Crippen LogP contribution in [0.5, 0.6) is 0 Å². The van der Waals surface area contributed by atoms with Crippen LogP contribution in [0.4, 0.5) is 0 Å². The Balaban J connectivity index is 1.90. The van der Waals surface area contributed by atoms with Gasteiger partial charge in [0.15, 0.2) is 0 Å². The summed E-state index contributed by atoms with van der Waals surface area (Å²) in [6, 6.07) is 8.21. The molecular weight excluding hydrogens is 232 g/mol. The van der Waals surface area contributed by atoms with Crippen LogP contribution in [0.3, 0.4) is 0 Å². The van der Waals surface area contributed by atoms with E-state index in [1.54, 1.807) is 0 Å². The lowest BCUT2D eigenvalue weighted by atomic mass is 9.97. The van der Waals surface area contributed by atoms with Crippen LogP contribution >= 0.6 is 11.8 Å². The summed E-state index contributed by atoms with van der Waals surface area (Å²) >= 11 is 1.94. The zero-order valence-electron chi connectivity index (χ0n) is 10.3. The minimum atomic E-state index is 0.125. The average molecular weight is 252 g/mol. The number of ether oxygens (including phenoxy) is 1. The van der Waals surface area contributed by atoms with Crippen molar-refractivity contribution in [2.45, 2.75) is 48.5 Å². The van der Waals surface area contributed by atoms with Gasteiger partial charge in [-0.3, -0.25) is 0 Å². The number of aliphatic hydroxyl groups is 1. The third-order valence-corrected chi connectivity index (χ3v) is 4.63. The van der Waals surface area contributed by atoms with E-state index in [-0.39, 0.29) is 6.61 Å². The lowest BCUT2D eigenvalue weighted by Crippen LogP contribution is -2.23. The standard InChI is InChI=1S/C14H20O2S/c1-16-12-3-2-4-14(9-12)17-13-7-5-11(10-15)6-8-13/h5-8,12,14-15H,2-4,9-10H2,1H3. The minimum absolute atomic E-state index is 0.125. The van der Waals surface area contributed by atoms with Crippen molar-refractivity contribution >= 4 is 11.8 Å². The summed E-state index contributed by atoms with van der Waals surface area (Å²) in [5, 5.41) is 9.67. The van der Waals surface area contributed by atoms with E-state index in [1.807, 2.05) is 31.0 Å². The molecule has 2 rings (SSSR count). The van der Waals surface area contributed by atoms with E-state index in [1.165, 1.54) is 24.2 Å². The molecule has 94 valence electrons. The first-order chi connectivity index (χ1) is 8.31. The maximum atomic E-state index is 8.99. The summed E-state index contributed by atoms with van der Waals surface area (Å²) in [6.07, 6.45) is 5.36. The Morgan fingerprint density at radius 3 is 2.71 bits per heavy atom. The van der Waals surface area contributed by atoms with Crippen molar-refractivity contribution < 1.29 is 9.84 Å². The second-order valence-corrected chi connectivity index (χ2v) is 5.94. The van der Waals surface area contributed by atoms with Crippen LogP contribution < -0.4 is 0 Å². The fourth-order valence-corrected chi connectivity index (χ4v) is 3.56. The lowest BCUT2D eigenvalue weighted by Gasteiger charge is -2.27. The number of benzene rings is 1. The highest BCUT2D eigenvalue weighted by molar-refractivity contribution is 8.00. The van der Waals surface area contributed by atoms with Gasteiger partial charge >= 0.3 is 0 Å². The van der Waals surface area contributed by atoms with Gasteiger partial charge in [0, 0.05) is 17.3 Å². The first kappa shape index (κ1) is 12.9. The number of methoxy groups -OCH3 is 1. The minimum Gasteiger partial charge on any atom is -0.392 e. The van der Waals surface area contributed by atoms with Crippen LogP contribution in [-0.2, 0) is 11.3 Å². The topological polar surface area (TPSA) is 29.5 Å². The van der Waals surface area contributed by atoms with Gasteiger partial charge in [-0.15, -0.1) is 11.8 Å². The molecule has 0 saturated heterocycles. The molecule has 2 nitrogen and oxygen atoms in total. The first-order valence-corrected chi connectivity index (χ1v) is 7.09. The molecule has 0 radical (unpaired) electrons. The molecule has 1 saturated carbocycles. The predicted octanol–water partition coefficient (Wildman–Crippen LogP) is 3.23. The normalized spacial score (nSPS) is 24.8. The maximum absolute atomic E-state index is 8.99. The molecule has 0 amide bonds. The van der Waals surface area contributed by atoms with Gasteiger partial charge in [0.2, 0.25) is 0 Å². The Bertz CT molecular complexity index is 337. The van der Waals surface area contributed by atoms with Crippen molar-refractivity contribution in [2.75, 3.05) is 7.11 Å². The van der Waals surface area contributed by atoms with Crippen LogP contribution in [0.2, 0.25) is 0 Å². The highest BCUT2D eigenvalue weighted by Crippen LogP contribution is 2.34. The second kappa shape index (κ2) is 6.43. The lowest BCUT2D eigenvalue weighted by molar-refractivity contribution is 0.0730. The Morgan fingerprint density at radius 2 is 2.06 bits per heavy atom. The Kier molecular flexibility index (Phi) is 4.89. The van der Waals surface area contributed by atoms with Gasteiger partial charge in [-0.1, -0.05) is 12.1 Å². The van der Waals surface area contributed by atoms with Crippen molar-refractivity contribution in [1.29, 1.82) is 0 Å². The van der Waals surface area contributed by atoms with E-state index in [2.05, 4.69) is 12.1 Å². The van der Waals surface area contributed by atoms with Crippen molar-refractivity contribution in [2.24, 2.45) is 0 Å². The first-order valence-electron chi connectivity index (χ1n) is 6.21. The highest BCUT2D eigenvalue weighted by atomic mass is 32.2. The summed E-state index contributed by atoms with van der Waals surface area (Å²) in [5.74, 6) is 0. The summed E-state index contributed by atoms with van der Waals surface area (Å²) in [5.41, 5.74) is 0.979. The third kappa shape index (κ3) is 3.73. The SMILES string of the molecule is COC1CCCC(Sc2ccc(CO)cc2)C1. The third-order valence-electron chi connectivity index (χ3n) is 3.32. The summed E-state index contributed by atoms with van der Waals surface area (Å²) in [4.78, 5) is 1.30. The van der Waals surface area contributed by atoms with Gasteiger partial charge in [0.05, 0.1) is 12.7 Å². The number of aliphatic hydroxyl groups excluding tert-OH is 1. The molecule has 1 fully saturated rings. The van der Waals surface area contributed by atoms with Gasteiger partial charge in [-0.2, -0.15) is 0 Å². The molecule has 17 heavy (non-hydrogen) atoms. The smallest absolute Gasteiger partial charge is 0.0681 e. The van der Waals surface area contributed by atoms with E-state index >= 15 is 0 Å². The second-order valence-electron chi connectivity index (χ2n) is 4.57. The Labute approximate surface area is 107 Å². The molecule has 1 N–H and O–H groups in total. The predicted molar refractivity (Wildman–Crippen MR) is 71.3 cm³/mol. The molecule has 0 aromatic heterocycles. The molecule has 3 heteroatoms. The van der Waals surface area contributed by atoms with Crippen LogP contribution in [0, 0.1) is 0 Å². The molecule has 2 atom stereocenters. The quantitative estimate of drug-likeness (QED) is 0.892. The van der Waals surface area contributed by atoms with Gasteiger partial charge in [-0.25, -0.2) is 0 Å². The largest absolute Gasteiger partial charge is 0.392 e. The van der Waals surface area contributed by atoms with Crippen LogP contribution in [0.1, 0.15) is 31.2 Å². The monoisotopic (exact) mass is 252 g/mol. The fraction of sp³-hybridized carbons (Fsp3) is 0.571. The van der Waals surface area contributed by atoms with E-state index in [4.69, 9.17) is 9.84 Å². The summed E-state index contributed by atoms with van der Waals surface area (Å²) in [6.45, 7) is 0.125. The Hall–Kier alpha value is -0.510. The van der Waals surface area contributed by atoms with Gasteiger partial charge < -0.3 is 9.84 Å². The molecular formula is C14H20O2S. The van der Waals surface area contributed by atoms with Crippen LogP contribution in [0.25, 0.3) is 0 Å². The zero-order valence-corrected chi connectivity index (χ0v) is 11.1. The van der Waals surface area contributed by atoms with Crippen molar-refractivity contribution in [3.05, 3.63) is 29.8 Å². The van der Waals surface area contributed by atoms with Gasteiger partial charge in [-0.05, 0) is 43.4 Å². The highest BCUT2D eigenvalue weighted by Gasteiger charge is 2.22. The van der Waals surface area contributed by atoms with Crippen molar-refractivity contribution in [3.63, 3.8) is 0 Å². The fourth-order valence-electron chi connectivity index (χ4n) is 2.29. The van der Waals surface area contributed by atoms with E-state index in [0.717, 1.165) is 12.0 Å². The Morgan fingerprint density at radius 1 is 1.29 bits per heavy atom. The molecule has 0 bridgehead atoms. The number of thioether (sulfide) groups is 1. The molecule has 1 aromatic carbocycles. The average Bonchev–Trinajstić information content (AvgIpc) is 2.40. The number of hydrogen-bond acceptors (Lipinski definition) is 3. The zero-order chi connectivity index (χ0) is 12.1. The molecule has 1 aliphatic rings.